The van der Waals surface area contributed by atoms with E-state index in [1.54, 1.807) is 17.4 Å². The summed E-state index contributed by atoms with van der Waals surface area (Å²) in [5.41, 5.74) is 1.92. The van der Waals surface area contributed by atoms with Gasteiger partial charge in [0, 0.05) is 4.88 Å². The van der Waals surface area contributed by atoms with E-state index in [2.05, 4.69) is 10.3 Å². The lowest BCUT2D eigenvalue weighted by molar-refractivity contribution is 1.11. The number of nitrogens with one attached hydrogen (secondary N) is 1. The second kappa shape index (κ2) is 5.25. The number of benzene rings is 1. The van der Waals surface area contributed by atoms with Crippen LogP contribution in [0.2, 0.25) is 10.0 Å². The third-order valence-corrected chi connectivity index (χ3v) is 4.28. The maximum atomic E-state index is 6.10. The number of aryl methyl sites for hydroxylation is 2. The number of halogens is 2. The zero-order chi connectivity index (χ0) is 12.4. The van der Waals surface area contributed by atoms with E-state index in [-0.39, 0.29) is 0 Å². The fourth-order valence-corrected chi connectivity index (χ4v) is 2.80. The highest BCUT2D eigenvalue weighted by Crippen LogP contribution is 2.30. The molecule has 0 spiro atoms. The number of hydrogen-bond donors (Lipinski definition) is 1. The molecule has 1 aromatic heterocycles. The summed E-state index contributed by atoms with van der Waals surface area (Å²) in [7, 11) is 0. The molecule has 0 radical (unpaired) electrons. The largest absolute Gasteiger partial charge is 0.379 e. The lowest BCUT2D eigenvalue weighted by atomic mass is 10.3. The quantitative estimate of drug-likeness (QED) is 0.886. The van der Waals surface area contributed by atoms with Gasteiger partial charge in [0.2, 0.25) is 0 Å². The third-order valence-electron chi connectivity index (χ3n) is 2.39. The topological polar surface area (TPSA) is 24.9 Å². The van der Waals surface area contributed by atoms with Crippen molar-refractivity contribution in [1.29, 1.82) is 0 Å². The molecule has 0 atom stereocenters. The van der Waals surface area contributed by atoms with Crippen molar-refractivity contribution >= 4 is 40.2 Å². The first-order chi connectivity index (χ1) is 8.08. The zero-order valence-electron chi connectivity index (χ0n) is 9.55. The number of rotatable bonds is 3. The van der Waals surface area contributed by atoms with Gasteiger partial charge in [0.05, 0.1) is 33.0 Å². The predicted octanol–water partition coefficient (Wildman–Crippen LogP) is 4.68. The van der Waals surface area contributed by atoms with Crippen LogP contribution in [-0.4, -0.2) is 4.98 Å². The Morgan fingerprint density at radius 3 is 2.71 bits per heavy atom. The summed E-state index contributed by atoms with van der Waals surface area (Å²) in [5, 5.41) is 5.49. The van der Waals surface area contributed by atoms with E-state index < -0.39 is 0 Å². The van der Waals surface area contributed by atoms with Gasteiger partial charge in [0.15, 0.2) is 0 Å². The van der Waals surface area contributed by atoms with Crippen LogP contribution in [0.25, 0.3) is 0 Å². The fraction of sp³-hybridized carbons (Fsp3) is 0.250. The van der Waals surface area contributed by atoms with Gasteiger partial charge in [-0.25, -0.2) is 4.98 Å². The van der Waals surface area contributed by atoms with Gasteiger partial charge < -0.3 is 5.32 Å². The van der Waals surface area contributed by atoms with Crippen LogP contribution in [0, 0.1) is 13.8 Å². The minimum Gasteiger partial charge on any atom is -0.379 e. The second-order valence-electron chi connectivity index (χ2n) is 3.70. The van der Waals surface area contributed by atoms with Crippen molar-refractivity contribution in [2.45, 2.75) is 20.4 Å². The van der Waals surface area contributed by atoms with Crippen molar-refractivity contribution in [3.05, 3.63) is 43.8 Å². The van der Waals surface area contributed by atoms with Gasteiger partial charge >= 0.3 is 0 Å². The van der Waals surface area contributed by atoms with E-state index in [0.29, 0.717) is 10.0 Å². The molecule has 1 aromatic carbocycles. The van der Waals surface area contributed by atoms with E-state index in [9.17, 15) is 0 Å². The highest BCUT2D eigenvalue weighted by Gasteiger charge is 2.07. The Morgan fingerprint density at radius 1 is 1.29 bits per heavy atom. The Kier molecular flexibility index (Phi) is 3.92. The van der Waals surface area contributed by atoms with Crippen molar-refractivity contribution in [1.82, 2.24) is 4.98 Å². The number of hydrogen-bond acceptors (Lipinski definition) is 3. The Hall–Kier alpha value is -0.770. The lowest BCUT2D eigenvalue weighted by Gasteiger charge is -2.08. The summed E-state index contributed by atoms with van der Waals surface area (Å²) < 4.78 is 0. The van der Waals surface area contributed by atoms with Gasteiger partial charge in [-0.15, -0.1) is 11.3 Å². The van der Waals surface area contributed by atoms with Gasteiger partial charge in [-0.1, -0.05) is 29.3 Å². The first-order valence-corrected chi connectivity index (χ1v) is 6.76. The predicted molar refractivity (Wildman–Crippen MR) is 75.4 cm³/mol. The molecule has 0 aliphatic rings. The minimum absolute atomic E-state index is 0.563. The van der Waals surface area contributed by atoms with Gasteiger partial charge in [-0.05, 0) is 26.0 Å². The molecular formula is C12H12Cl2N2S. The van der Waals surface area contributed by atoms with Crippen molar-refractivity contribution in [2.24, 2.45) is 0 Å². The molecule has 0 aliphatic carbocycles. The molecule has 0 aliphatic heterocycles. The number of anilines is 1. The van der Waals surface area contributed by atoms with Crippen LogP contribution in [0.1, 0.15) is 15.6 Å². The normalized spacial score (nSPS) is 10.6. The number of nitrogens with zero attached hydrogens (tertiary/aromatic N) is 1. The summed E-state index contributed by atoms with van der Waals surface area (Å²) in [4.78, 5) is 5.60. The summed E-state index contributed by atoms with van der Waals surface area (Å²) in [6.45, 7) is 4.74. The van der Waals surface area contributed by atoms with Crippen LogP contribution in [0.5, 0.6) is 0 Å². The van der Waals surface area contributed by atoms with E-state index in [4.69, 9.17) is 23.2 Å². The van der Waals surface area contributed by atoms with Crippen LogP contribution in [0.3, 0.4) is 0 Å². The van der Waals surface area contributed by atoms with Crippen LogP contribution >= 0.6 is 34.5 Å². The minimum atomic E-state index is 0.563. The van der Waals surface area contributed by atoms with E-state index in [1.807, 2.05) is 26.0 Å². The maximum absolute atomic E-state index is 6.10. The van der Waals surface area contributed by atoms with Gasteiger partial charge in [0.25, 0.3) is 0 Å². The first kappa shape index (κ1) is 12.7. The number of aromatic nitrogens is 1. The monoisotopic (exact) mass is 286 g/mol. The first-order valence-electron chi connectivity index (χ1n) is 5.18. The Bertz CT molecular complexity index is 537. The Morgan fingerprint density at radius 2 is 2.06 bits per heavy atom. The lowest BCUT2D eigenvalue weighted by Crippen LogP contribution is -1.99. The SMILES string of the molecule is Cc1nc(C)c(CNc2cccc(Cl)c2Cl)s1. The van der Waals surface area contributed by atoms with Gasteiger partial charge in [-0.3, -0.25) is 0 Å². The highest BCUT2D eigenvalue weighted by molar-refractivity contribution is 7.11. The van der Waals surface area contributed by atoms with Crippen LogP contribution in [0.15, 0.2) is 18.2 Å². The molecule has 5 heteroatoms. The maximum Gasteiger partial charge on any atom is 0.0900 e. The molecule has 2 aromatic rings. The van der Waals surface area contributed by atoms with Crippen molar-refractivity contribution < 1.29 is 0 Å². The standard InChI is InChI=1S/C12H12Cl2N2S/c1-7-11(17-8(2)16-7)6-15-10-5-3-4-9(13)12(10)14/h3-5,15H,6H2,1-2H3. The van der Waals surface area contributed by atoms with Crippen molar-refractivity contribution in [3.63, 3.8) is 0 Å². The third kappa shape index (κ3) is 2.92. The van der Waals surface area contributed by atoms with Crippen molar-refractivity contribution in [3.8, 4) is 0 Å². The molecule has 2 nitrogen and oxygen atoms in total. The smallest absolute Gasteiger partial charge is 0.0900 e. The molecule has 1 N–H and O–H groups in total. The summed E-state index contributed by atoms with van der Waals surface area (Å²) >= 11 is 13.7. The molecule has 0 saturated heterocycles. The Balaban J connectivity index is 2.12. The summed E-state index contributed by atoms with van der Waals surface area (Å²) in [5.74, 6) is 0. The number of thiazole rings is 1. The molecule has 17 heavy (non-hydrogen) atoms. The fourth-order valence-electron chi connectivity index (χ4n) is 1.55. The molecular weight excluding hydrogens is 275 g/mol. The molecule has 2 rings (SSSR count). The molecule has 0 amide bonds. The zero-order valence-corrected chi connectivity index (χ0v) is 11.9. The van der Waals surface area contributed by atoms with Crippen molar-refractivity contribution in [2.75, 3.05) is 5.32 Å². The van der Waals surface area contributed by atoms with Crippen LogP contribution in [-0.2, 0) is 6.54 Å². The average Bonchev–Trinajstić information content (AvgIpc) is 2.60. The molecule has 0 bridgehead atoms. The average molecular weight is 287 g/mol. The highest BCUT2D eigenvalue weighted by atomic mass is 35.5. The van der Waals surface area contributed by atoms with Crippen LogP contribution in [0.4, 0.5) is 5.69 Å². The summed E-state index contributed by atoms with van der Waals surface area (Å²) in [6.07, 6.45) is 0. The summed E-state index contributed by atoms with van der Waals surface area (Å²) in [6, 6.07) is 5.57. The van der Waals surface area contributed by atoms with E-state index in [0.717, 1.165) is 22.9 Å². The van der Waals surface area contributed by atoms with Crippen LogP contribution < -0.4 is 5.32 Å². The molecule has 0 unspecified atom stereocenters. The molecule has 1 heterocycles. The van der Waals surface area contributed by atoms with Gasteiger partial charge in [-0.2, -0.15) is 0 Å². The Labute approximate surface area is 115 Å². The molecule has 0 fully saturated rings. The molecule has 90 valence electrons. The second-order valence-corrected chi connectivity index (χ2v) is 5.77. The van der Waals surface area contributed by atoms with Gasteiger partial charge in [0.1, 0.15) is 0 Å². The molecule has 0 saturated carbocycles. The van der Waals surface area contributed by atoms with E-state index >= 15 is 0 Å². The van der Waals surface area contributed by atoms with E-state index in [1.165, 1.54) is 4.88 Å².